The number of allylic oxidation sites excluding steroid dienone is 4. The molecule has 0 bridgehead atoms. The summed E-state index contributed by atoms with van der Waals surface area (Å²) in [6.07, 6.45) is 9.75. The molecule has 26 heavy (non-hydrogen) atoms. The van der Waals surface area contributed by atoms with Crippen LogP contribution in [-0.4, -0.2) is 16.8 Å². The van der Waals surface area contributed by atoms with Crippen LogP contribution in [0.1, 0.15) is 12.8 Å². The summed E-state index contributed by atoms with van der Waals surface area (Å²) < 4.78 is 29.6. The summed E-state index contributed by atoms with van der Waals surface area (Å²) in [4.78, 5) is 0. The Morgan fingerprint density at radius 3 is 1.31 bits per heavy atom. The quantitative estimate of drug-likeness (QED) is 0.222. The summed E-state index contributed by atoms with van der Waals surface area (Å²) in [6.45, 7) is 3.51. The highest BCUT2D eigenvalue weighted by atomic mass is 28.4. The molecule has 2 rings (SSSR count). The minimum Gasteiger partial charge on any atom is -0.308 e. The van der Waals surface area contributed by atoms with Crippen molar-refractivity contribution in [3.05, 3.63) is 85.0 Å². The van der Waals surface area contributed by atoms with Gasteiger partial charge in [0.15, 0.2) is 0 Å². The van der Waals surface area contributed by atoms with Gasteiger partial charge in [-0.2, -0.15) is 0 Å². The van der Waals surface area contributed by atoms with Crippen LogP contribution in [0.5, 0.6) is 0 Å². The molecule has 0 amide bonds. The molecule has 0 saturated heterocycles. The van der Waals surface area contributed by atoms with Crippen molar-refractivity contribution < 1.29 is 8.22 Å². The van der Waals surface area contributed by atoms with Crippen LogP contribution in [0.4, 0.5) is 8.22 Å². The summed E-state index contributed by atoms with van der Waals surface area (Å²) in [5.41, 5.74) is 0. The van der Waals surface area contributed by atoms with Gasteiger partial charge in [-0.1, -0.05) is 85.0 Å². The Bertz CT molecular complexity index is 644. The van der Waals surface area contributed by atoms with E-state index in [-0.39, 0.29) is 0 Å². The maximum atomic E-state index is 14.8. The molecular formula is C22H28F2Si2. The summed E-state index contributed by atoms with van der Waals surface area (Å²) in [5, 5.41) is 1.69. The predicted molar refractivity (Wildman–Crippen MR) is 115 cm³/mol. The van der Waals surface area contributed by atoms with Crippen molar-refractivity contribution in [1.82, 2.24) is 0 Å². The molecule has 2 aromatic rings. The fourth-order valence-electron chi connectivity index (χ4n) is 2.84. The Kier molecular flexibility index (Phi) is 7.72. The maximum Gasteiger partial charge on any atom is 0.278 e. The van der Waals surface area contributed by atoms with Gasteiger partial charge >= 0.3 is 0 Å². The van der Waals surface area contributed by atoms with Crippen molar-refractivity contribution in [3.8, 4) is 0 Å². The summed E-state index contributed by atoms with van der Waals surface area (Å²) in [6, 6.07) is 19.9. The van der Waals surface area contributed by atoms with Gasteiger partial charge in [0.2, 0.25) is 0 Å². The van der Waals surface area contributed by atoms with Crippen LogP contribution in [0.2, 0.25) is 25.2 Å². The molecule has 2 aromatic carbocycles. The molecule has 138 valence electrons. The number of hydrogen-bond acceptors (Lipinski definition) is 0. The third-order valence-corrected chi connectivity index (χ3v) is 9.67. The first-order chi connectivity index (χ1) is 12.4. The summed E-state index contributed by atoms with van der Waals surface area (Å²) >= 11 is 0. The predicted octanol–water partition coefficient (Wildman–Crippen LogP) is 5.78. The largest absolute Gasteiger partial charge is 0.308 e. The topological polar surface area (TPSA) is 0 Å². The van der Waals surface area contributed by atoms with Crippen molar-refractivity contribution in [2.24, 2.45) is 0 Å². The van der Waals surface area contributed by atoms with E-state index in [9.17, 15) is 8.22 Å². The minimum atomic E-state index is -2.87. The Balaban J connectivity index is 1.71. The summed E-state index contributed by atoms with van der Waals surface area (Å²) in [7, 11) is -5.73. The highest BCUT2D eigenvalue weighted by Crippen LogP contribution is 2.14. The van der Waals surface area contributed by atoms with Crippen LogP contribution in [0, 0.1) is 0 Å². The molecule has 0 fully saturated rings. The smallest absolute Gasteiger partial charge is 0.278 e. The van der Waals surface area contributed by atoms with Gasteiger partial charge in [0.1, 0.15) is 0 Å². The zero-order valence-corrected chi connectivity index (χ0v) is 17.7. The van der Waals surface area contributed by atoms with E-state index in [1.807, 2.05) is 85.0 Å². The van der Waals surface area contributed by atoms with E-state index >= 15 is 0 Å². The van der Waals surface area contributed by atoms with E-state index in [4.69, 9.17) is 0 Å². The molecule has 0 N–H and O–H groups in total. The van der Waals surface area contributed by atoms with E-state index in [0.29, 0.717) is 12.1 Å². The minimum absolute atomic E-state index is 0.504. The molecule has 0 spiro atoms. The lowest BCUT2D eigenvalue weighted by molar-refractivity contribution is 0.809. The van der Waals surface area contributed by atoms with Gasteiger partial charge in [0.25, 0.3) is 16.8 Å². The molecule has 2 atom stereocenters. The van der Waals surface area contributed by atoms with Crippen molar-refractivity contribution in [1.29, 1.82) is 0 Å². The van der Waals surface area contributed by atoms with E-state index in [2.05, 4.69) is 0 Å². The zero-order valence-electron chi connectivity index (χ0n) is 15.7. The Morgan fingerprint density at radius 2 is 0.962 bits per heavy atom. The molecule has 0 aromatic heterocycles. The first kappa shape index (κ1) is 20.5. The lowest BCUT2D eigenvalue weighted by Crippen LogP contribution is -2.39. The van der Waals surface area contributed by atoms with E-state index in [1.54, 1.807) is 13.1 Å². The van der Waals surface area contributed by atoms with Crippen molar-refractivity contribution in [2.45, 2.75) is 38.0 Å². The third kappa shape index (κ3) is 6.50. The van der Waals surface area contributed by atoms with Gasteiger partial charge in [-0.3, -0.25) is 0 Å². The Hall–Kier alpha value is -1.79. The lowest BCUT2D eigenvalue weighted by Gasteiger charge is -2.15. The highest BCUT2D eigenvalue weighted by Gasteiger charge is 2.29. The number of hydrogen-bond donors (Lipinski definition) is 0. The Morgan fingerprint density at radius 1 is 0.615 bits per heavy atom. The molecule has 0 heterocycles. The monoisotopic (exact) mass is 386 g/mol. The van der Waals surface area contributed by atoms with Gasteiger partial charge in [0, 0.05) is 0 Å². The molecule has 0 aliphatic rings. The highest BCUT2D eigenvalue weighted by molar-refractivity contribution is 6.85. The second-order valence-corrected chi connectivity index (χ2v) is 13.8. The fraction of sp³-hybridized carbons (Fsp3) is 0.273. The number of halogens is 2. The van der Waals surface area contributed by atoms with Crippen molar-refractivity contribution in [2.75, 3.05) is 0 Å². The molecule has 2 unspecified atom stereocenters. The van der Waals surface area contributed by atoms with Crippen LogP contribution in [0.15, 0.2) is 85.0 Å². The van der Waals surface area contributed by atoms with E-state index < -0.39 is 16.8 Å². The second kappa shape index (κ2) is 9.79. The summed E-state index contributed by atoms with van der Waals surface area (Å²) in [5.74, 6) is 0. The van der Waals surface area contributed by atoms with Gasteiger partial charge in [-0.25, -0.2) is 0 Å². The first-order valence-electron chi connectivity index (χ1n) is 9.21. The number of rotatable bonds is 9. The standard InChI is InChI=1S/C22H28F2Si2/c1-25(23,21-15-9-7-10-16-21)19-13-5-3-4-6-14-20-26(2,24)22-17-11-8-12-18-22/h5-18H,3-4,19-20H2,1-2H3/b13-5-,14-6-. The molecule has 0 aliphatic heterocycles. The van der Waals surface area contributed by atoms with Gasteiger partial charge < -0.3 is 8.22 Å². The molecular weight excluding hydrogens is 358 g/mol. The van der Waals surface area contributed by atoms with Gasteiger partial charge in [-0.05, 0) is 48.4 Å². The van der Waals surface area contributed by atoms with Crippen molar-refractivity contribution in [3.63, 3.8) is 0 Å². The molecule has 0 radical (unpaired) electrons. The number of unbranched alkanes of at least 4 members (excludes halogenated alkanes) is 1. The average molecular weight is 387 g/mol. The zero-order chi connectivity index (χ0) is 18.9. The van der Waals surface area contributed by atoms with Crippen LogP contribution in [0.3, 0.4) is 0 Å². The molecule has 0 aliphatic carbocycles. The molecule has 4 heteroatoms. The maximum absolute atomic E-state index is 14.8. The fourth-order valence-corrected chi connectivity index (χ4v) is 6.31. The van der Waals surface area contributed by atoms with Crippen LogP contribution in [0.25, 0.3) is 0 Å². The van der Waals surface area contributed by atoms with E-state index in [0.717, 1.165) is 23.2 Å². The molecule has 0 saturated carbocycles. The van der Waals surface area contributed by atoms with Gasteiger partial charge in [0.05, 0.1) is 0 Å². The normalized spacial score (nSPS) is 16.6. The lowest BCUT2D eigenvalue weighted by atomic mass is 10.3. The van der Waals surface area contributed by atoms with E-state index in [1.165, 1.54) is 0 Å². The van der Waals surface area contributed by atoms with Crippen LogP contribution >= 0.6 is 0 Å². The van der Waals surface area contributed by atoms with Crippen molar-refractivity contribution >= 4 is 27.2 Å². The third-order valence-electron chi connectivity index (χ3n) is 4.59. The average Bonchev–Trinajstić information content (AvgIpc) is 2.65. The number of benzene rings is 2. The van der Waals surface area contributed by atoms with Gasteiger partial charge in [-0.15, -0.1) is 0 Å². The first-order valence-corrected chi connectivity index (χ1v) is 14.4. The Labute approximate surface area is 158 Å². The van der Waals surface area contributed by atoms with Crippen LogP contribution in [-0.2, 0) is 0 Å². The second-order valence-electron chi connectivity index (χ2n) is 7.06. The molecule has 0 nitrogen and oxygen atoms in total. The van der Waals surface area contributed by atoms with Crippen LogP contribution < -0.4 is 10.4 Å². The SMILES string of the molecule is C[Si](F)(C/C=C\CC/C=C\C[Si](C)(F)c1ccccc1)c1ccccc1.